The maximum absolute atomic E-state index is 13.6. The van der Waals surface area contributed by atoms with Crippen molar-refractivity contribution in [3.8, 4) is 5.75 Å². The van der Waals surface area contributed by atoms with Gasteiger partial charge in [0, 0.05) is 0 Å². The van der Waals surface area contributed by atoms with Crippen molar-refractivity contribution < 1.29 is 93.1 Å². The second-order valence-electron chi connectivity index (χ2n) is 15.1. The van der Waals surface area contributed by atoms with Gasteiger partial charge in [0.2, 0.25) is 34.8 Å². The van der Waals surface area contributed by atoms with Crippen LogP contribution < -0.4 is 4.74 Å². The van der Waals surface area contributed by atoms with Crippen molar-refractivity contribution in [1.29, 1.82) is 0 Å². The van der Waals surface area contributed by atoms with Crippen LogP contribution in [0.3, 0.4) is 0 Å². The monoisotopic (exact) mass is 1030 g/mol. The van der Waals surface area contributed by atoms with Gasteiger partial charge in [-0.25, -0.2) is 13.2 Å². The molecular formula is C52H67F5O15. The van der Waals surface area contributed by atoms with Crippen molar-refractivity contribution in [2.45, 2.75) is 12.0 Å². The van der Waals surface area contributed by atoms with Crippen molar-refractivity contribution >= 4 is 5.97 Å². The minimum absolute atomic E-state index is 0.0737. The van der Waals surface area contributed by atoms with Gasteiger partial charge < -0.3 is 66.3 Å². The van der Waals surface area contributed by atoms with E-state index in [1.165, 1.54) is 0 Å². The van der Waals surface area contributed by atoms with E-state index >= 15 is 0 Å². The largest absolute Gasteiger partial charge is 0.420 e. The van der Waals surface area contributed by atoms with Gasteiger partial charge >= 0.3 is 5.97 Å². The number of hydrogen-bond donors (Lipinski definition) is 0. The Labute approximate surface area is 417 Å². The Morgan fingerprint density at radius 1 is 0.306 bits per heavy atom. The number of ether oxygens (including phenoxy) is 14. The van der Waals surface area contributed by atoms with Crippen LogP contribution in [0.5, 0.6) is 5.75 Å². The predicted octanol–water partition coefficient (Wildman–Crippen LogP) is 6.89. The topological polar surface area (TPSA) is 146 Å². The molecule has 4 aromatic carbocycles. The lowest BCUT2D eigenvalue weighted by Crippen LogP contribution is -2.34. The molecule has 0 spiro atoms. The van der Waals surface area contributed by atoms with Crippen molar-refractivity contribution in [1.82, 2.24) is 0 Å². The van der Waals surface area contributed by atoms with E-state index in [-0.39, 0.29) is 26.4 Å². The number of carbonyl (C=O) groups is 1. The molecule has 0 amide bonds. The number of hydrogen-bond acceptors (Lipinski definition) is 15. The molecule has 0 aliphatic heterocycles. The van der Waals surface area contributed by atoms with Crippen LogP contribution in [-0.2, 0) is 72.0 Å². The Bertz CT molecular complexity index is 1870. The summed E-state index contributed by atoms with van der Waals surface area (Å²) >= 11 is 0. The summed E-state index contributed by atoms with van der Waals surface area (Å²) in [4.78, 5) is 11.7. The first-order chi connectivity index (χ1) is 35.4. The fourth-order valence-electron chi connectivity index (χ4n) is 6.54. The van der Waals surface area contributed by atoms with E-state index in [9.17, 15) is 26.7 Å². The van der Waals surface area contributed by atoms with Gasteiger partial charge in [0.15, 0.2) is 0 Å². The molecule has 0 fully saturated rings. The number of benzene rings is 4. The summed E-state index contributed by atoms with van der Waals surface area (Å²) in [5.74, 6) is -14.2. The molecule has 15 nitrogen and oxygen atoms in total. The molecule has 4 rings (SSSR count). The van der Waals surface area contributed by atoms with E-state index in [1.807, 2.05) is 54.6 Å². The molecule has 0 unspecified atom stereocenters. The molecule has 400 valence electrons. The van der Waals surface area contributed by atoms with E-state index in [0.717, 1.165) is 16.7 Å². The standard InChI is InChI=1S/C52H67F5O15/c53-46-47(54)49(56)51(50(57)48(46)55)72-45(58)16-17-59-18-19-60-20-21-61-22-23-62-24-25-63-26-27-64-28-29-65-30-31-66-32-33-67-34-35-68-36-37-69-38-39-70-40-41-71-52(42-10-4-1-5-11-42,43-12-6-2-7-13-43)44-14-8-3-9-15-44/h1-15H,16-41H2. The van der Waals surface area contributed by atoms with Crippen molar-refractivity contribution in [3.05, 3.63) is 137 Å². The molecule has 0 aromatic heterocycles. The molecular weight excluding hydrogens is 960 g/mol. The molecule has 0 N–H and O–H groups in total. The third-order valence-corrected chi connectivity index (χ3v) is 10.0. The molecule has 0 saturated heterocycles. The van der Waals surface area contributed by atoms with Crippen LogP contribution in [0.1, 0.15) is 23.1 Å². The molecule has 0 saturated carbocycles. The third kappa shape index (κ3) is 23.1. The number of rotatable bonds is 44. The minimum Gasteiger partial charge on any atom is -0.420 e. The van der Waals surface area contributed by atoms with Gasteiger partial charge in [-0.15, -0.1) is 0 Å². The van der Waals surface area contributed by atoms with Gasteiger partial charge in [-0.3, -0.25) is 4.79 Å². The summed E-state index contributed by atoms with van der Waals surface area (Å²) in [7, 11) is 0. The molecule has 4 aromatic rings. The first-order valence-corrected chi connectivity index (χ1v) is 23.8. The third-order valence-electron chi connectivity index (χ3n) is 10.0. The number of esters is 1. The molecule has 0 bridgehead atoms. The first-order valence-electron chi connectivity index (χ1n) is 23.8. The van der Waals surface area contributed by atoms with E-state index in [1.54, 1.807) is 0 Å². The van der Waals surface area contributed by atoms with E-state index in [4.69, 9.17) is 61.6 Å². The Morgan fingerprint density at radius 3 is 0.792 bits per heavy atom. The predicted molar refractivity (Wildman–Crippen MR) is 251 cm³/mol. The van der Waals surface area contributed by atoms with Gasteiger partial charge in [0.1, 0.15) is 5.60 Å². The normalized spacial score (nSPS) is 11.7. The molecule has 0 heterocycles. The number of carbonyl (C=O) groups excluding carboxylic acids is 1. The highest BCUT2D eigenvalue weighted by Crippen LogP contribution is 2.40. The molecule has 0 aliphatic carbocycles. The zero-order valence-electron chi connectivity index (χ0n) is 40.6. The second-order valence-corrected chi connectivity index (χ2v) is 15.1. The average Bonchev–Trinajstić information content (AvgIpc) is 3.41. The van der Waals surface area contributed by atoms with Crippen molar-refractivity contribution in [2.24, 2.45) is 0 Å². The Balaban J connectivity index is 0.810. The SMILES string of the molecule is O=C(CCOCCOCCOCCOCCOCCOCCOCCOCCOCCOCCOCCOCCOC(c1ccccc1)(c1ccccc1)c1ccccc1)Oc1c(F)c(F)c(F)c(F)c1F. The Kier molecular flexibility index (Phi) is 31.8. The van der Waals surface area contributed by atoms with E-state index < -0.39 is 52.8 Å². The van der Waals surface area contributed by atoms with Crippen LogP contribution in [0, 0.1) is 29.1 Å². The molecule has 0 aliphatic rings. The molecule has 72 heavy (non-hydrogen) atoms. The smallest absolute Gasteiger partial charge is 0.313 e. The van der Waals surface area contributed by atoms with Crippen molar-refractivity contribution in [2.75, 3.05) is 165 Å². The fourth-order valence-corrected chi connectivity index (χ4v) is 6.54. The lowest BCUT2D eigenvalue weighted by Gasteiger charge is -2.36. The lowest BCUT2D eigenvalue weighted by atomic mass is 9.80. The highest BCUT2D eigenvalue weighted by molar-refractivity contribution is 5.72. The van der Waals surface area contributed by atoms with Crippen LogP contribution in [0.25, 0.3) is 0 Å². The maximum atomic E-state index is 13.6. The quantitative estimate of drug-likeness (QED) is 0.00862. The van der Waals surface area contributed by atoms with Gasteiger partial charge in [0.25, 0.3) is 0 Å². The summed E-state index contributed by atoms with van der Waals surface area (Å²) < 4.78 is 144. The van der Waals surface area contributed by atoms with Gasteiger partial charge in [0.05, 0.1) is 172 Å². The summed E-state index contributed by atoms with van der Waals surface area (Å²) in [6.07, 6.45) is -0.493. The van der Waals surface area contributed by atoms with E-state index in [2.05, 4.69) is 41.1 Å². The second kappa shape index (κ2) is 38.1. The fraction of sp³-hybridized carbons (Fsp3) is 0.519. The summed E-state index contributed by atoms with van der Waals surface area (Å²) in [5, 5.41) is 0. The first kappa shape index (κ1) is 60.0. The molecule has 20 heteroatoms. The molecule has 0 radical (unpaired) electrons. The van der Waals surface area contributed by atoms with Crippen LogP contribution in [0.4, 0.5) is 22.0 Å². The van der Waals surface area contributed by atoms with Crippen LogP contribution in [0.15, 0.2) is 91.0 Å². The van der Waals surface area contributed by atoms with Crippen molar-refractivity contribution in [3.63, 3.8) is 0 Å². The van der Waals surface area contributed by atoms with Gasteiger partial charge in [-0.2, -0.15) is 8.78 Å². The number of halogens is 5. The van der Waals surface area contributed by atoms with E-state index in [0.29, 0.717) is 139 Å². The summed E-state index contributed by atoms with van der Waals surface area (Å²) in [6.45, 7) is 9.13. The maximum Gasteiger partial charge on any atom is 0.313 e. The Hall–Kier alpha value is -4.52. The van der Waals surface area contributed by atoms with Crippen LogP contribution >= 0.6 is 0 Å². The van der Waals surface area contributed by atoms with Gasteiger partial charge in [-0.05, 0) is 16.7 Å². The molecule has 0 atom stereocenters. The average molecular weight is 1030 g/mol. The zero-order chi connectivity index (χ0) is 51.2. The zero-order valence-corrected chi connectivity index (χ0v) is 40.6. The lowest BCUT2D eigenvalue weighted by molar-refractivity contribution is -0.136. The van der Waals surface area contributed by atoms with Crippen LogP contribution in [0.2, 0.25) is 0 Å². The highest BCUT2D eigenvalue weighted by atomic mass is 19.2. The minimum atomic E-state index is -2.35. The van der Waals surface area contributed by atoms with Gasteiger partial charge in [-0.1, -0.05) is 91.0 Å². The highest BCUT2D eigenvalue weighted by Gasteiger charge is 2.37. The summed E-state index contributed by atoms with van der Waals surface area (Å²) in [5.41, 5.74) is 2.37. The Morgan fingerprint density at radius 2 is 0.528 bits per heavy atom. The summed E-state index contributed by atoms with van der Waals surface area (Å²) in [6, 6.07) is 30.8. The van der Waals surface area contributed by atoms with Crippen LogP contribution in [-0.4, -0.2) is 171 Å².